The van der Waals surface area contributed by atoms with Crippen molar-refractivity contribution < 1.29 is 23.0 Å². The maximum Gasteiger partial charge on any atom is 0.410 e. The zero-order valence-corrected chi connectivity index (χ0v) is 29.5. The molecule has 2 unspecified atom stereocenters. The molecule has 262 valence electrons. The molecular formula is C36H51F2N7O3. The van der Waals surface area contributed by atoms with Crippen LogP contribution in [-0.4, -0.2) is 86.9 Å². The summed E-state index contributed by atoms with van der Waals surface area (Å²) in [6.45, 7) is 17.1. The number of nitrogen functional groups attached to an aromatic ring is 1. The minimum atomic E-state index is -0.717. The minimum absolute atomic E-state index is 0.0350. The fourth-order valence-corrected chi connectivity index (χ4v) is 7.61. The van der Waals surface area contributed by atoms with E-state index < -0.39 is 17.2 Å². The number of halogens is 2. The van der Waals surface area contributed by atoms with Gasteiger partial charge in [0.25, 0.3) is 0 Å². The number of carbonyl (C=O) groups excluding carboxylic acids is 1. The average molecular weight is 668 g/mol. The first kappa shape index (κ1) is 35.5. The van der Waals surface area contributed by atoms with Crippen LogP contribution in [0.3, 0.4) is 0 Å². The SMILES string of the molecule is CC.CC.CC(C)(C)OC(=O)N1C2CCC1CN(c1nc(OCC34CCCN3CCC4)nc3c(F)c(-c4cccc(F)c4N)ncc13)C2. The first-order valence-corrected chi connectivity index (χ1v) is 17.6. The molecule has 6 heterocycles. The van der Waals surface area contributed by atoms with Gasteiger partial charge in [-0.15, -0.1) is 0 Å². The number of carbonyl (C=O) groups is 1. The Morgan fingerprint density at radius 3 is 2.29 bits per heavy atom. The van der Waals surface area contributed by atoms with Crippen molar-refractivity contribution in [3.8, 4) is 17.3 Å². The van der Waals surface area contributed by atoms with E-state index in [1.165, 1.54) is 24.4 Å². The van der Waals surface area contributed by atoms with E-state index in [1.807, 2.05) is 53.4 Å². The topological polar surface area (TPSA) is 110 Å². The number of benzene rings is 1. The molecule has 0 radical (unpaired) electrons. The molecular weight excluding hydrogens is 616 g/mol. The summed E-state index contributed by atoms with van der Waals surface area (Å²) < 4.78 is 42.7. The van der Waals surface area contributed by atoms with Gasteiger partial charge in [0.05, 0.1) is 28.7 Å². The normalized spacial score (nSPS) is 21.3. The lowest BCUT2D eigenvalue weighted by Crippen LogP contribution is -2.57. The Bertz CT molecular complexity index is 1590. The number of rotatable bonds is 5. The first-order valence-electron chi connectivity index (χ1n) is 17.6. The number of hydrogen-bond donors (Lipinski definition) is 1. The summed E-state index contributed by atoms with van der Waals surface area (Å²) in [6.07, 6.45) is 7.21. The van der Waals surface area contributed by atoms with Gasteiger partial charge in [-0.05, 0) is 78.5 Å². The molecule has 4 aliphatic heterocycles. The molecule has 2 aromatic heterocycles. The Balaban J connectivity index is 0.00000109. The molecule has 7 rings (SSSR count). The fourth-order valence-electron chi connectivity index (χ4n) is 7.61. The van der Waals surface area contributed by atoms with Crippen LogP contribution in [0.25, 0.3) is 22.2 Å². The molecule has 48 heavy (non-hydrogen) atoms. The van der Waals surface area contributed by atoms with E-state index >= 15 is 4.39 Å². The smallest absolute Gasteiger partial charge is 0.410 e. The lowest BCUT2D eigenvalue weighted by atomic mass is 9.95. The molecule has 2 atom stereocenters. The number of nitrogens with zero attached hydrogens (tertiary/aromatic N) is 6. The molecule has 1 amide bonds. The summed E-state index contributed by atoms with van der Waals surface area (Å²) in [6, 6.07) is 4.17. The Morgan fingerprint density at radius 1 is 1.02 bits per heavy atom. The molecule has 4 saturated heterocycles. The van der Waals surface area contributed by atoms with Crippen molar-refractivity contribution in [3.05, 3.63) is 36.0 Å². The summed E-state index contributed by atoms with van der Waals surface area (Å²) in [7, 11) is 0. The highest BCUT2D eigenvalue weighted by Crippen LogP contribution is 2.41. The van der Waals surface area contributed by atoms with Crippen LogP contribution in [-0.2, 0) is 4.74 Å². The van der Waals surface area contributed by atoms with E-state index in [0.717, 1.165) is 51.6 Å². The summed E-state index contributed by atoms with van der Waals surface area (Å²) in [5.41, 5.74) is 5.27. The summed E-state index contributed by atoms with van der Waals surface area (Å²) in [5.74, 6) is -0.861. The number of piperazine rings is 1. The monoisotopic (exact) mass is 667 g/mol. The van der Waals surface area contributed by atoms with Crippen LogP contribution in [0.2, 0.25) is 0 Å². The number of nitrogens with two attached hydrogens (primary N) is 1. The van der Waals surface area contributed by atoms with Crippen molar-refractivity contribution in [2.75, 3.05) is 43.4 Å². The van der Waals surface area contributed by atoms with Crippen LogP contribution >= 0.6 is 0 Å². The van der Waals surface area contributed by atoms with E-state index in [0.29, 0.717) is 30.9 Å². The quantitative estimate of drug-likeness (QED) is 0.283. The number of amides is 1. The highest BCUT2D eigenvalue weighted by atomic mass is 19.1. The van der Waals surface area contributed by atoms with Crippen molar-refractivity contribution in [1.29, 1.82) is 0 Å². The Morgan fingerprint density at radius 2 is 1.67 bits per heavy atom. The van der Waals surface area contributed by atoms with Gasteiger partial charge in [-0.2, -0.15) is 9.97 Å². The maximum atomic E-state index is 16.4. The number of aromatic nitrogens is 3. The number of pyridine rings is 1. The first-order chi connectivity index (χ1) is 23.0. The molecule has 0 aliphatic carbocycles. The van der Waals surface area contributed by atoms with Gasteiger partial charge in [-0.1, -0.05) is 39.8 Å². The number of ether oxygens (including phenoxy) is 2. The van der Waals surface area contributed by atoms with E-state index in [9.17, 15) is 9.18 Å². The molecule has 2 N–H and O–H groups in total. The second kappa shape index (κ2) is 14.4. The molecule has 4 aliphatic rings. The zero-order chi connectivity index (χ0) is 34.8. The van der Waals surface area contributed by atoms with Gasteiger partial charge in [0.15, 0.2) is 5.82 Å². The zero-order valence-electron chi connectivity index (χ0n) is 29.5. The maximum absolute atomic E-state index is 16.4. The number of para-hydroxylation sites is 1. The van der Waals surface area contributed by atoms with Gasteiger partial charge in [0.1, 0.15) is 35.1 Å². The van der Waals surface area contributed by atoms with Gasteiger partial charge >= 0.3 is 12.1 Å². The lowest BCUT2D eigenvalue weighted by molar-refractivity contribution is 0.0122. The van der Waals surface area contributed by atoms with Gasteiger partial charge in [-0.3, -0.25) is 14.8 Å². The van der Waals surface area contributed by atoms with Crippen LogP contribution in [0, 0.1) is 11.6 Å². The van der Waals surface area contributed by atoms with Gasteiger partial charge in [0, 0.05) is 24.8 Å². The minimum Gasteiger partial charge on any atom is -0.461 e. The summed E-state index contributed by atoms with van der Waals surface area (Å²) in [5, 5.41) is 0.417. The Hall–Kier alpha value is -3.80. The molecule has 0 saturated carbocycles. The molecule has 3 aromatic rings. The fraction of sp³-hybridized carbons (Fsp3) is 0.611. The predicted octanol–water partition coefficient (Wildman–Crippen LogP) is 7.20. The van der Waals surface area contributed by atoms with Crippen LogP contribution < -0.4 is 15.4 Å². The highest BCUT2D eigenvalue weighted by Gasteiger charge is 2.46. The third-order valence-corrected chi connectivity index (χ3v) is 9.62. The molecule has 10 nitrogen and oxygen atoms in total. The Kier molecular flexibility index (Phi) is 10.6. The van der Waals surface area contributed by atoms with Crippen LogP contribution in [0.15, 0.2) is 24.4 Å². The number of anilines is 2. The van der Waals surface area contributed by atoms with Crippen LogP contribution in [0.5, 0.6) is 6.01 Å². The van der Waals surface area contributed by atoms with E-state index in [2.05, 4.69) is 19.8 Å². The third-order valence-electron chi connectivity index (χ3n) is 9.62. The second-order valence-electron chi connectivity index (χ2n) is 13.6. The molecule has 1 aromatic carbocycles. The number of hydrogen-bond acceptors (Lipinski definition) is 9. The van der Waals surface area contributed by atoms with E-state index in [4.69, 9.17) is 20.2 Å². The van der Waals surface area contributed by atoms with Gasteiger partial charge in [0.2, 0.25) is 0 Å². The predicted molar refractivity (Wildman–Crippen MR) is 185 cm³/mol. The van der Waals surface area contributed by atoms with Crippen molar-refractivity contribution >= 4 is 28.5 Å². The average Bonchev–Trinajstić information content (AvgIpc) is 3.73. The van der Waals surface area contributed by atoms with Crippen molar-refractivity contribution in [3.63, 3.8) is 0 Å². The van der Waals surface area contributed by atoms with Crippen molar-refractivity contribution in [2.24, 2.45) is 0 Å². The van der Waals surface area contributed by atoms with Crippen molar-refractivity contribution in [2.45, 2.75) is 110 Å². The third kappa shape index (κ3) is 6.73. The van der Waals surface area contributed by atoms with Gasteiger partial charge < -0.3 is 20.1 Å². The Labute approximate surface area is 283 Å². The second-order valence-corrected chi connectivity index (χ2v) is 13.6. The molecule has 12 heteroatoms. The molecule has 0 spiro atoms. The van der Waals surface area contributed by atoms with E-state index in [1.54, 1.807) is 0 Å². The molecule has 4 fully saturated rings. The van der Waals surface area contributed by atoms with Crippen LogP contribution in [0.1, 0.15) is 87.0 Å². The highest BCUT2D eigenvalue weighted by molar-refractivity contribution is 5.93. The number of fused-ring (bicyclic) bond motifs is 4. The summed E-state index contributed by atoms with van der Waals surface area (Å²) in [4.78, 5) is 33.3. The standard InChI is InChI=1S/C32H39F2N7O3.2C2H6/c1-31(2,3)44-30(42)41-19-9-10-20(41)17-39(16-19)28-22-15-36-26(21-7-4-8-23(33)25(21)35)24(34)27(22)37-29(38-28)43-18-32-11-5-13-40(32)14-6-12-32;2*1-2/h4,7-8,15,19-20H,5-6,9-14,16-18,35H2,1-3H3;2*1-2H3. The lowest BCUT2D eigenvalue weighted by Gasteiger charge is -2.42. The van der Waals surface area contributed by atoms with Crippen molar-refractivity contribution in [1.82, 2.24) is 24.8 Å². The van der Waals surface area contributed by atoms with E-state index in [-0.39, 0.29) is 52.2 Å². The molecule has 2 bridgehead atoms. The summed E-state index contributed by atoms with van der Waals surface area (Å²) >= 11 is 0. The largest absolute Gasteiger partial charge is 0.461 e. The van der Waals surface area contributed by atoms with Gasteiger partial charge in [-0.25, -0.2) is 13.6 Å². The van der Waals surface area contributed by atoms with Crippen LogP contribution in [0.4, 0.5) is 25.1 Å².